The van der Waals surface area contributed by atoms with E-state index in [0.29, 0.717) is 28.8 Å². The van der Waals surface area contributed by atoms with Crippen LogP contribution in [0.25, 0.3) is 0 Å². The Bertz CT molecular complexity index is 1090. The Labute approximate surface area is 162 Å². The van der Waals surface area contributed by atoms with Gasteiger partial charge in [0.05, 0.1) is 24.1 Å². The molecule has 0 bridgehead atoms. The average Bonchev–Trinajstić information content (AvgIpc) is 2.89. The quantitative estimate of drug-likeness (QED) is 0.720. The van der Waals surface area contributed by atoms with Crippen molar-refractivity contribution in [3.8, 4) is 0 Å². The van der Waals surface area contributed by atoms with Gasteiger partial charge in [-0.15, -0.1) is 0 Å². The van der Waals surface area contributed by atoms with Crippen LogP contribution in [0.2, 0.25) is 0 Å². The normalized spacial score (nSPS) is 12.6. The molecular formula is C21H21N5O2. The number of fused-ring (bicyclic) bond motifs is 2. The van der Waals surface area contributed by atoms with Gasteiger partial charge in [0, 0.05) is 23.7 Å². The van der Waals surface area contributed by atoms with Gasteiger partial charge < -0.3 is 16.0 Å². The van der Waals surface area contributed by atoms with Gasteiger partial charge in [0.1, 0.15) is 5.82 Å². The van der Waals surface area contributed by atoms with Crippen LogP contribution in [0.5, 0.6) is 0 Å². The van der Waals surface area contributed by atoms with E-state index in [1.807, 2.05) is 31.3 Å². The van der Waals surface area contributed by atoms with Gasteiger partial charge in [-0.25, -0.2) is 0 Å². The van der Waals surface area contributed by atoms with Crippen molar-refractivity contribution in [1.29, 1.82) is 0 Å². The van der Waals surface area contributed by atoms with Gasteiger partial charge in [0.2, 0.25) is 5.91 Å². The van der Waals surface area contributed by atoms with E-state index in [1.165, 1.54) is 0 Å². The zero-order valence-corrected chi connectivity index (χ0v) is 16.0. The third-order valence-corrected chi connectivity index (χ3v) is 5.06. The summed E-state index contributed by atoms with van der Waals surface area (Å²) in [5.41, 5.74) is 10.4. The molecule has 0 radical (unpaired) electrons. The molecule has 0 saturated carbocycles. The first-order chi connectivity index (χ1) is 13.4. The van der Waals surface area contributed by atoms with Gasteiger partial charge in [-0.1, -0.05) is 12.1 Å². The lowest BCUT2D eigenvalue weighted by Gasteiger charge is -2.23. The molecule has 2 amide bonds. The number of nitrogens with two attached hydrogens (primary N) is 1. The molecule has 1 aromatic heterocycles. The van der Waals surface area contributed by atoms with Gasteiger partial charge in [-0.2, -0.15) is 5.10 Å². The largest absolute Gasteiger partial charge is 0.366 e. The Kier molecular flexibility index (Phi) is 4.15. The molecule has 0 saturated heterocycles. The van der Waals surface area contributed by atoms with Crippen molar-refractivity contribution in [3.63, 3.8) is 0 Å². The minimum absolute atomic E-state index is 0.145. The summed E-state index contributed by atoms with van der Waals surface area (Å²) in [6.45, 7) is 3.98. The molecule has 0 atom stereocenters. The first kappa shape index (κ1) is 17.8. The van der Waals surface area contributed by atoms with Crippen molar-refractivity contribution in [3.05, 3.63) is 70.4 Å². The second-order valence-electron chi connectivity index (χ2n) is 7.02. The van der Waals surface area contributed by atoms with Gasteiger partial charge in [0.15, 0.2) is 0 Å². The highest BCUT2D eigenvalue weighted by molar-refractivity contribution is 6.09. The summed E-state index contributed by atoms with van der Waals surface area (Å²) in [5.74, 6) is 0.227. The van der Waals surface area contributed by atoms with Crippen molar-refractivity contribution in [1.82, 2.24) is 9.78 Å². The number of carbonyl (C=O) groups is 2. The first-order valence-corrected chi connectivity index (χ1v) is 8.96. The van der Waals surface area contributed by atoms with Gasteiger partial charge in [-0.3, -0.25) is 14.3 Å². The van der Waals surface area contributed by atoms with Crippen LogP contribution in [0.1, 0.15) is 37.4 Å². The molecule has 28 heavy (non-hydrogen) atoms. The number of primary amides is 1. The molecule has 3 aromatic rings. The van der Waals surface area contributed by atoms with Crippen LogP contribution < -0.4 is 16.0 Å². The minimum atomic E-state index is -0.488. The van der Waals surface area contributed by atoms with Crippen LogP contribution in [-0.2, 0) is 13.6 Å². The number of benzene rings is 2. The van der Waals surface area contributed by atoms with E-state index in [-0.39, 0.29) is 5.91 Å². The van der Waals surface area contributed by atoms with Crippen LogP contribution in [-0.4, -0.2) is 21.6 Å². The van der Waals surface area contributed by atoms with Crippen molar-refractivity contribution < 1.29 is 9.59 Å². The summed E-state index contributed by atoms with van der Waals surface area (Å²) < 4.78 is 1.76. The van der Waals surface area contributed by atoms with E-state index in [1.54, 1.807) is 41.8 Å². The maximum atomic E-state index is 13.5. The average molecular weight is 375 g/mol. The summed E-state index contributed by atoms with van der Waals surface area (Å²) in [7, 11) is 1.86. The van der Waals surface area contributed by atoms with E-state index in [4.69, 9.17) is 5.73 Å². The second-order valence-corrected chi connectivity index (χ2v) is 7.02. The Morgan fingerprint density at radius 3 is 2.50 bits per heavy atom. The summed E-state index contributed by atoms with van der Waals surface area (Å²) in [6.07, 6.45) is 1.77. The molecular weight excluding hydrogens is 354 g/mol. The lowest BCUT2D eigenvalue weighted by Crippen LogP contribution is -2.30. The zero-order valence-electron chi connectivity index (χ0n) is 16.0. The Morgan fingerprint density at radius 1 is 1.14 bits per heavy atom. The summed E-state index contributed by atoms with van der Waals surface area (Å²) >= 11 is 0. The predicted octanol–water partition coefficient (Wildman–Crippen LogP) is 3.04. The number of nitrogens with zero attached hydrogens (tertiary/aromatic N) is 3. The fourth-order valence-electron chi connectivity index (χ4n) is 3.77. The fraction of sp³-hybridized carbons (Fsp3) is 0.190. The molecule has 1 aliphatic rings. The molecule has 2 heterocycles. The number of carbonyl (C=O) groups excluding carboxylic acids is 2. The molecule has 0 unspecified atom stereocenters. The molecule has 1 aliphatic heterocycles. The molecule has 7 nitrogen and oxygen atoms in total. The summed E-state index contributed by atoms with van der Waals surface area (Å²) in [6, 6.07) is 11.1. The molecule has 7 heteroatoms. The highest BCUT2D eigenvalue weighted by Crippen LogP contribution is 2.36. The zero-order chi connectivity index (χ0) is 20.0. The number of hydrogen-bond donors (Lipinski definition) is 2. The maximum Gasteiger partial charge on any atom is 0.258 e. The van der Waals surface area contributed by atoms with Crippen molar-refractivity contribution >= 4 is 29.0 Å². The van der Waals surface area contributed by atoms with Crippen LogP contribution >= 0.6 is 0 Å². The Morgan fingerprint density at radius 2 is 1.82 bits per heavy atom. The minimum Gasteiger partial charge on any atom is -0.366 e. The second kappa shape index (κ2) is 6.53. The Balaban J connectivity index is 1.82. The topological polar surface area (TPSA) is 93.2 Å². The van der Waals surface area contributed by atoms with Crippen LogP contribution in [0.4, 0.5) is 17.2 Å². The summed E-state index contributed by atoms with van der Waals surface area (Å²) in [5, 5.41) is 7.68. The smallest absolute Gasteiger partial charge is 0.258 e. The number of rotatable bonds is 2. The van der Waals surface area contributed by atoms with Crippen molar-refractivity contribution in [2.24, 2.45) is 12.8 Å². The van der Waals surface area contributed by atoms with Crippen molar-refractivity contribution in [2.75, 3.05) is 10.2 Å². The molecule has 0 spiro atoms. The number of nitrogens with one attached hydrogen (secondary N) is 1. The lowest BCUT2D eigenvalue weighted by atomic mass is 9.98. The number of aryl methyl sites for hydroxylation is 3. The van der Waals surface area contributed by atoms with E-state index in [2.05, 4.69) is 10.4 Å². The van der Waals surface area contributed by atoms with Gasteiger partial charge in [0.25, 0.3) is 5.91 Å². The van der Waals surface area contributed by atoms with Crippen LogP contribution in [0, 0.1) is 13.8 Å². The van der Waals surface area contributed by atoms with Gasteiger partial charge >= 0.3 is 0 Å². The maximum absolute atomic E-state index is 13.5. The number of aromatic nitrogens is 2. The summed E-state index contributed by atoms with van der Waals surface area (Å²) in [4.78, 5) is 26.9. The lowest BCUT2D eigenvalue weighted by molar-refractivity contribution is 0.0978. The highest BCUT2D eigenvalue weighted by Gasteiger charge is 2.27. The third kappa shape index (κ3) is 2.81. The van der Waals surface area contributed by atoms with E-state index in [0.717, 1.165) is 22.8 Å². The SMILES string of the molecule is Cc1cc(C(=O)N2Cc3cnn(C)c3Nc3ccccc32)cc(C)c1C(N)=O. The highest BCUT2D eigenvalue weighted by atomic mass is 16.2. The predicted molar refractivity (Wildman–Crippen MR) is 108 cm³/mol. The van der Waals surface area contributed by atoms with E-state index < -0.39 is 5.91 Å². The number of para-hydroxylation sites is 2. The number of amides is 2. The molecule has 0 aliphatic carbocycles. The molecule has 142 valence electrons. The third-order valence-electron chi connectivity index (χ3n) is 5.06. The monoisotopic (exact) mass is 375 g/mol. The first-order valence-electron chi connectivity index (χ1n) is 8.96. The Hall–Kier alpha value is -3.61. The van der Waals surface area contributed by atoms with Crippen molar-refractivity contribution in [2.45, 2.75) is 20.4 Å². The molecule has 3 N–H and O–H groups in total. The molecule has 4 rings (SSSR count). The standard InChI is InChI=1S/C21H21N5O2/c1-12-8-14(9-13(2)18(12)19(22)27)21(28)26-11-15-10-23-25(3)20(15)24-16-6-4-5-7-17(16)26/h4-10,24H,11H2,1-3H3,(H2,22,27). The van der Waals surface area contributed by atoms with E-state index in [9.17, 15) is 9.59 Å². The van der Waals surface area contributed by atoms with Crippen LogP contribution in [0.15, 0.2) is 42.6 Å². The van der Waals surface area contributed by atoms with E-state index >= 15 is 0 Å². The fourth-order valence-corrected chi connectivity index (χ4v) is 3.77. The number of hydrogen-bond acceptors (Lipinski definition) is 4. The number of anilines is 3. The molecule has 2 aromatic carbocycles. The molecule has 0 fully saturated rings. The van der Waals surface area contributed by atoms with Gasteiger partial charge in [-0.05, 0) is 49.2 Å². The van der Waals surface area contributed by atoms with Crippen LogP contribution in [0.3, 0.4) is 0 Å².